The molecule has 0 heterocycles. The fraction of sp³-hybridized carbons (Fsp3) is 0. The Labute approximate surface area is 80.8 Å². The van der Waals surface area contributed by atoms with Gasteiger partial charge < -0.3 is 9.90 Å². The monoisotopic (exact) mass is 205 g/mol. The van der Waals surface area contributed by atoms with Crippen molar-refractivity contribution in [3.8, 4) is 0 Å². The fourth-order valence-corrected chi connectivity index (χ4v) is 0.728. The number of benzene rings is 1. The maximum absolute atomic E-state index is 9.97. The minimum absolute atomic E-state index is 0. The van der Waals surface area contributed by atoms with E-state index >= 15 is 0 Å². The summed E-state index contributed by atoms with van der Waals surface area (Å²) in [4.78, 5) is 9.97. The first-order valence-electron chi connectivity index (χ1n) is 3.23. The zero-order valence-electron chi connectivity index (χ0n) is 6.17. The first-order valence-corrected chi connectivity index (χ1v) is 3.23. The SMILES string of the molecule is O=C([O-])/C=C/c1ccccc1.[Ni+2]. The Morgan fingerprint density at radius 2 is 1.83 bits per heavy atom. The molecule has 0 aromatic heterocycles. The summed E-state index contributed by atoms with van der Waals surface area (Å²) in [5.41, 5.74) is 0.858. The molecule has 0 spiro atoms. The molecule has 0 radical (unpaired) electrons. The quantitative estimate of drug-likeness (QED) is 0.520. The van der Waals surface area contributed by atoms with Gasteiger partial charge in [-0.2, -0.15) is 0 Å². The number of hydrogen-bond donors (Lipinski definition) is 0. The second kappa shape index (κ2) is 5.56. The number of hydrogen-bond acceptors (Lipinski definition) is 2. The van der Waals surface area contributed by atoms with Crippen molar-refractivity contribution in [2.24, 2.45) is 0 Å². The molecule has 64 valence electrons. The van der Waals surface area contributed by atoms with E-state index in [1.165, 1.54) is 6.08 Å². The van der Waals surface area contributed by atoms with Gasteiger partial charge in [-0.05, 0) is 11.6 Å². The van der Waals surface area contributed by atoms with E-state index in [0.29, 0.717) is 0 Å². The Kier molecular flexibility index (Phi) is 5.06. The molecule has 0 atom stereocenters. The zero-order chi connectivity index (χ0) is 8.10. The molecular weight excluding hydrogens is 199 g/mol. The normalized spacial score (nSPS) is 9.33. The van der Waals surface area contributed by atoms with E-state index in [1.807, 2.05) is 30.3 Å². The van der Waals surface area contributed by atoms with Gasteiger partial charge in [0.2, 0.25) is 0 Å². The number of rotatable bonds is 2. The van der Waals surface area contributed by atoms with Crippen molar-refractivity contribution < 1.29 is 26.4 Å². The van der Waals surface area contributed by atoms with Crippen LogP contribution in [0.4, 0.5) is 0 Å². The maximum Gasteiger partial charge on any atom is 2.00 e. The summed E-state index contributed by atoms with van der Waals surface area (Å²) < 4.78 is 0. The number of carboxylic acids is 1. The molecule has 0 aliphatic rings. The molecule has 0 aliphatic carbocycles. The van der Waals surface area contributed by atoms with Crippen LogP contribution in [-0.4, -0.2) is 5.97 Å². The van der Waals surface area contributed by atoms with Crippen molar-refractivity contribution in [3.63, 3.8) is 0 Å². The molecule has 0 fully saturated rings. The summed E-state index contributed by atoms with van der Waals surface area (Å²) in [5.74, 6) is -1.17. The number of carbonyl (C=O) groups is 1. The van der Waals surface area contributed by atoms with Crippen molar-refractivity contribution in [1.29, 1.82) is 0 Å². The predicted octanol–water partition coefficient (Wildman–Crippen LogP) is 0.447. The summed E-state index contributed by atoms with van der Waals surface area (Å²) in [6, 6.07) is 9.19. The standard InChI is InChI=1S/C9H8O2.Ni/c10-9(11)7-6-8-4-2-1-3-5-8;/h1-7H,(H,10,11);/q;+2/p-1/b7-6+;. The van der Waals surface area contributed by atoms with Crippen LogP contribution in [-0.2, 0) is 21.3 Å². The van der Waals surface area contributed by atoms with E-state index < -0.39 is 5.97 Å². The van der Waals surface area contributed by atoms with Crippen LogP contribution in [0, 0.1) is 0 Å². The molecule has 0 bridgehead atoms. The predicted molar refractivity (Wildman–Crippen MR) is 40.5 cm³/mol. The molecule has 3 heteroatoms. The van der Waals surface area contributed by atoms with E-state index in [-0.39, 0.29) is 16.5 Å². The number of carbonyl (C=O) groups excluding carboxylic acids is 1. The van der Waals surface area contributed by atoms with Crippen LogP contribution in [0.15, 0.2) is 36.4 Å². The number of aliphatic carboxylic acids is 1. The summed E-state index contributed by atoms with van der Waals surface area (Å²) in [6.07, 6.45) is 2.50. The minimum Gasteiger partial charge on any atom is -0.545 e. The molecule has 0 saturated carbocycles. The second-order valence-corrected chi connectivity index (χ2v) is 2.06. The third-order valence-corrected chi connectivity index (χ3v) is 1.21. The van der Waals surface area contributed by atoms with Crippen molar-refractivity contribution in [2.75, 3.05) is 0 Å². The van der Waals surface area contributed by atoms with Crippen LogP contribution >= 0.6 is 0 Å². The smallest absolute Gasteiger partial charge is 0.545 e. The maximum atomic E-state index is 9.97. The average molecular weight is 206 g/mol. The van der Waals surface area contributed by atoms with Gasteiger partial charge in [0.15, 0.2) is 0 Å². The van der Waals surface area contributed by atoms with Crippen LogP contribution < -0.4 is 5.11 Å². The van der Waals surface area contributed by atoms with E-state index in [2.05, 4.69) is 0 Å². The van der Waals surface area contributed by atoms with E-state index in [1.54, 1.807) is 0 Å². The zero-order valence-corrected chi connectivity index (χ0v) is 7.16. The molecule has 0 amide bonds. The van der Waals surface area contributed by atoms with Gasteiger partial charge in [-0.15, -0.1) is 0 Å². The van der Waals surface area contributed by atoms with E-state index in [4.69, 9.17) is 0 Å². The van der Waals surface area contributed by atoms with Gasteiger partial charge in [0, 0.05) is 0 Å². The van der Waals surface area contributed by atoms with Crippen LogP contribution in [0.3, 0.4) is 0 Å². The van der Waals surface area contributed by atoms with Crippen LogP contribution in [0.1, 0.15) is 5.56 Å². The first kappa shape index (κ1) is 10.9. The Morgan fingerprint density at radius 1 is 1.25 bits per heavy atom. The Morgan fingerprint density at radius 3 is 2.33 bits per heavy atom. The van der Waals surface area contributed by atoms with Crippen LogP contribution in [0.5, 0.6) is 0 Å². The Bertz CT molecular complexity index is 267. The largest absolute Gasteiger partial charge is 2.00 e. The first-order chi connectivity index (χ1) is 5.29. The molecule has 0 unspecified atom stereocenters. The Hall–Kier alpha value is -1.08. The van der Waals surface area contributed by atoms with Crippen LogP contribution in [0.2, 0.25) is 0 Å². The number of carboxylic acid groups (broad SMARTS) is 1. The summed E-state index contributed by atoms with van der Waals surface area (Å²) >= 11 is 0. The van der Waals surface area contributed by atoms with E-state index in [0.717, 1.165) is 11.6 Å². The van der Waals surface area contributed by atoms with Crippen LogP contribution in [0.25, 0.3) is 6.08 Å². The second-order valence-electron chi connectivity index (χ2n) is 2.06. The molecule has 1 aromatic rings. The van der Waals surface area contributed by atoms with E-state index in [9.17, 15) is 9.90 Å². The van der Waals surface area contributed by atoms with Gasteiger partial charge in [0.05, 0.1) is 5.97 Å². The van der Waals surface area contributed by atoms with Gasteiger partial charge in [-0.1, -0.05) is 36.4 Å². The van der Waals surface area contributed by atoms with Crippen molar-refractivity contribution in [1.82, 2.24) is 0 Å². The summed E-state index contributed by atoms with van der Waals surface area (Å²) in [7, 11) is 0. The summed E-state index contributed by atoms with van der Waals surface area (Å²) in [5, 5.41) is 9.97. The minimum atomic E-state index is -1.17. The Balaban J connectivity index is 0.00000121. The van der Waals surface area contributed by atoms with Crippen molar-refractivity contribution in [3.05, 3.63) is 42.0 Å². The van der Waals surface area contributed by atoms with Gasteiger partial charge in [0.25, 0.3) is 0 Å². The molecule has 12 heavy (non-hydrogen) atoms. The molecule has 1 rings (SSSR count). The molecule has 0 aliphatic heterocycles. The third kappa shape index (κ3) is 3.94. The van der Waals surface area contributed by atoms with Gasteiger partial charge >= 0.3 is 16.5 Å². The third-order valence-electron chi connectivity index (χ3n) is 1.21. The van der Waals surface area contributed by atoms with Gasteiger partial charge in [-0.25, -0.2) is 0 Å². The van der Waals surface area contributed by atoms with Gasteiger partial charge in [0.1, 0.15) is 0 Å². The fourth-order valence-electron chi connectivity index (χ4n) is 0.728. The van der Waals surface area contributed by atoms with Crippen molar-refractivity contribution in [2.45, 2.75) is 0 Å². The molecule has 1 aromatic carbocycles. The van der Waals surface area contributed by atoms with Crippen molar-refractivity contribution >= 4 is 12.0 Å². The molecule has 2 nitrogen and oxygen atoms in total. The molecule has 0 N–H and O–H groups in total. The molecule has 0 saturated heterocycles. The summed E-state index contributed by atoms with van der Waals surface area (Å²) in [6.45, 7) is 0. The average Bonchev–Trinajstić information content (AvgIpc) is 2.03. The molecular formula is C9H7NiO2+. The topological polar surface area (TPSA) is 40.1 Å². The van der Waals surface area contributed by atoms with Gasteiger partial charge in [-0.3, -0.25) is 0 Å².